The number of nitrogens with zero attached hydrogens (tertiary/aromatic N) is 3. The van der Waals surface area contributed by atoms with Gasteiger partial charge in [0.15, 0.2) is 5.69 Å². The summed E-state index contributed by atoms with van der Waals surface area (Å²) < 4.78 is 20.5. The minimum Gasteiger partial charge on any atom is -0.465 e. The molecule has 0 saturated carbocycles. The number of carbonyl (C=O) groups excluding carboxylic acids is 2. The molecule has 3 aromatic rings. The van der Waals surface area contributed by atoms with Crippen molar-refractivity contribution in [1.82, 2.24) is 15.0 Å². The second-order valence-electron chi connectivity index (χ2n) is 5.17. The summed E-state index contributed by atoms with van der Waals surface area (Å²) in [5.74, 6) is -2.12. The third-order valence-corrected chi connectivity index (χ3v) is 3.92. The van der Waals surface area contributed by atoms with E-state index >= 15 is 0 Å². The molecule has 1 heterocycles. The van der Waals surface area contributed by atoms with Crippen LogP contribution in [0.5, 0.6) is 0 Å². The molecule has 9 heteroatoms. The second-order valence-corrected chi connectivity index (χ2v) is 6.08. The molecule has 0 aliphatic rings. The second kappa shape index (κ2) is 7.44. The largest absolute Gasteiger partial charge is 0.465 e. The predicted molar refractivity (Wildman–Crippen MR) is 94.8 cm³/mol. The molecule has 0 saturated heterocycles. The summed E-state index contributed by atoms with van der Waals surface area (Å²) in [6.07, 6.45) is 1.46. The van der Waals surface area contributed by atoms with Crippen LogP contribution in [-0.2, 0) is 4.74 Å². The molecule has 0 aliphatic carbocycles. The monoisotopic (exact) mass is 418 g/mol. The molecule has 0 aliphatic heterocycles. The molecule has 1 aromatic heterocycles. The van der Waals surface area contributed by atoms with E-state index in [4.69, 9.17) is 0 Å². The Morgan fingerprint density at radius 3 is 2.77 bits per heavy atom. The van der Waals surface area contributed by atoms with Gasteiger partial charge >= 0.3 is 5.97 Å². The van der Waals surface area contributed by atoms with Gasteiger partial charge in [-0.1, -0.05) is 27.2 Å². The SMILES string of the molecule is COC(=O)c1cc(NC(=O)c2cn(-c3cccc(Br)c3)nn2)ccc1F. The highest BCUT2D eigenvalue weighted by atomic mass is 79.9. The number of ether oxygens (including phenoxy) is 1. The lowest BCUT2D eigenvalue weighted by atomic mass is 10.2. The number of hydrogen-bond donors (Lipinski definition) is 1. The number of amides is 1. The Bertz CT molecular complexity index is 990. The smallest absolute Gasteiger partial charge is 0.340 e. The number of halogens is 2. The fourth-order valence-electron chi connectivity index (χ4n) is 2.18. The Hall–Kier alpha value is -3.07. The van der Waals surface area contributed by atoms with Gasteiger partial charge in [0, 0.05) is 10.2 Å². The summed E-state index contributed by atoms with van der Waals surface area (Å²) in [7, 11) is 1.15. The van der Waals surface area contributed by atoms with Gasteiger partial charge < -0.3 is 10.1 Å². The lowest BCUT2D eigenvalue weighted by molar-refractivity contribution is 0.0595. The maximum atomic E-state index is 13.6. The summed E-state index contributed by atoms with van der Waals surface area (Å²) in [5, 5.41) is 10.3. The van der Waals surface area contributed by atoms with Crippen molar-refractivity contribution in [3.63, 3.8) is 0 Å². The molecular weight excluding hydrogens is 407 g/mol. The number of nitrogens with one attached hydrogen (secondary N) is 1. The number of benzene rings is 2. The molecule has 0 spiro atoms. The van der Waals surface area contributed by atoms with Gasteiger partial charge in [0.2, 0.25) is 0 Å². The number of anilines is 1. The van der Waals surface area contributed by atoms with E-state index in [-0.39, 0.29) is 16.9 Å². The van der Waals surface area contributed by atoms with E-state index < -0.39 is 17.7 Å². The molecule has 7 nitrogen and oxygen atoms in total. The van der Waals surface area contributed by atoms with Gasteiger partial charge in [-0.05, 0) is 36.4 Å². The van der Waals surface area contributed by atoms with Gasteiger partial charge in [0.25, 0.3) is 5.91 Å². The van der Waals surface area contributed by atoms with Crippen molar-refractivity contribution in [2.24, 2.45) is 0 Å². The van der Waals surface area contributed by atoms with Crippen LogP contribution >= 0.6 is 15.9 Å². The minimum atomic E-state index is -0.834. The van der Waals surface area contributed by atoms with Crippen molar-refractivity contribution in [3.05, 3.63) is 70.2 Å². The highest BCUT2D eigenvalue weighted by molar-refractivity contribution is 9.10. The van der Waals surface area contributed by atoms with Crippen molar-refractivity contribution in [2.75, 3.05) is 12.4 Å². The zero-order valence-electron chi connectivity index (χ0n) is 13.4. The van der Waals surface area contributed by atoms with Gasteiger partial charge in [-0.25, -0.2) is 13.9 Å². The van der Waals surface area contributed by atoms with Crippen LogP contribution in [0.15, 0.2) is 53.1 Å². The first-order valence-corrected chi connectivity index (χ1v) is 8.15. The van der Waals surface area contributed by atoms with E-state index in [9.17, 15) is 14.0 Å². The molecule has 132 valence electrons. The standard InChI is InChI=1S/C17H12BrFN4O3/c1-26-17(25)13-8-11(5-6-14(13)19)20-16(24)15-9-23(22-21-15)12-4-2-3-10(18)7-12/h2-9H,1H3,(H,20,24). The molecule has 26 heavy (non-hydrogen) atoms. The molecule has 0 unspecified atom stereocenters. The molecule has 1 amide bonds. The van der Waals surface area contributed by atoms with Crippen LogP contribution in [0.25, 0.3) is 5.69 Å². The number of aromatic nitrogens is 3. The van der Waals surface area contributed by atoms with E-state index in [0.29, 0.717) is 0 Å². The van der Waals surface area contributed by atoms with Crippen LogP contribution in [0.4, 0.5) is 10.1 Å². The summed E-state index contributed by atoms with van der Waals surface area (Å²) in [5.41, 5.74) is 0.742. The Balaban J connectivity index is 1.80. The third-order valence-electron chi connectivity index (χ3n) is 3.43. The number of hydrogen-bond acceptors (Lipinski definition) is 5. The Morgan fingerprint density at radius 1 is 1.23 bits per heavy atom. The van der Waals surface area contributed by atoms with Gasteiger partial charge in [-0.3, -0.25) is 4.79 Å². The number of rotatable bonds is 4. The summed E-state index contributed by atoms with van der Waals surface area (Å²) in [6.45, 7) is 0. The first-order chi connectivity index (χ1) is 12.5. The number of carbonyl (C=O) groups is 2. The van der Waals surface area contributed by atoms with Gasteiger partial charge in [0.1, 0.15) is 5.82 Å². The molecule has 0 bridgehead atoms. The Labute approximate surface area is 155 Å². The molecule has 0 fully saturated rings. The zero-order valence-corrected chi connectivity index (χ0v) is 15.0. The normalized spacial score (nSPS) is 10.4. The lowest BCUT2D eigenvalue weighted by Gasteiger charge is -2.06. The maximum Gasteiger partial charge on any atom is 0.340 e. The van der Waals surface area contributed by atoms with Crippen LogP contribution in [0, 0.1) is 5.82 Å². The molecule has 0 radical (unpaired) electrons. The maximum absolute atomic E-state index is 13.6. The first kappa shape index (κ1) is 17.7. The van der Waals surface area contributed by atoms with Gasteiger partial charge in [0.05, 0.1) is 24.6 Å². The molecule has 0 atom stereocenters. The van der Waals surface area contributed by atoms with Gasteiger partial charge in [-0.15, -0.1) is 5.10 Å². The minimum absolute atomic E-state index is 0.0638. The topological polar surface area (TPSA) is 86.1 Å². The number of methoxy groups -OCH3 is 1. The van der Waals surface area contributed by atoms with Crippen molar-refractivity contribution < 1.29 is 18.7 Å². The average Bonchev–Trinajstić information content (AvgIpc) is 3.13. The van der Waals surface area contributed by atoms with E-state index in [1.807, 2.05) is 24.3 Å². The Kier molecular flexibility index (Phi) is 5.08. The van der Waals surface area contributed by atoms with E-state index in [0.717, 1.165) is 23.3 Å². The molecular formula is C17H12BrFN4O3. The van der Waals surface area contributed by atoms with Crippen LogP contribution in [0.1, 0.15) is 20.8 Å². The van der Waals surface area contributed by atoms with E-state index in [2.05, 4.69) is 36.3 Å². The van der Waals surface area contributed by atoms with E-state index in [1.165, 1.54) is 23.0 Å². The fraction of sp³-hybridized carbons (Fsp3) is 0.0588. The number of esters is 1. The molecule has 3 rings (SSSR count). The summed E-state index contributed by atoms with van der Waals surface area (Å²) in [6, 6.07) is 10.9. The van der Waals surface area contributed by atoms with Crippen LogP contribution in [0.2, 0.25) is 0 Å². The van der Waals surface area contributed by atoms with Crippen LogP contribution in [0.3, 0.4) is 0 Å². The zero-order chi connectivity index (χ0) is 18.7. The van der Waals surface area contributed by atoms with E-state index in [1.54, 1.807) is 0 Å². The highest BCUT2D eigenvalue weighted by Gasteiger charge is 2.16. The lowest BCUT2D eigenvalue weighted by Crippen LogP contribution is -2.13. The van der Waals surface area contributed by atoms with Crippen molar-refractivity contribution >= 4 is 33.5 Å². The van der Waals surface area contributed by atoms with Gasteiger partial charge in [-0.2, -0.15) is 0 Å². The van der Waals surface area contributed by atoms with Crippen LogP contribution in [-0.4, -0.2) is 34.0 Å². The van der Waals surface area contributed by atoms with Crippen molar-refractivity contribution in [2.45, 2.75) is 0 Å². The summed E-state index contributed by atoms with van der Waals surface area (Å²) in [4.78, 5) is 23.8. The first-order valence-electron chi connectivity index (χ1n) is 7.35. The predicted octanol–water partition coefficient (Wildman–Crippen LogP) is 3.21. The third kappa shape index (κ3) is 3.77. The van der Waals surface area contributed by atoms with Crippen molar-refractivity contribution in [3.8, 4) is 5.69 Å². The summed E-state index contributed by atoms with van der Waals surface area (Å²) >= 11 is 3.36. The van der Waals surface area contributed by atoms with Crippen molar-refractivity contribution in [1.29, 1.82) is 0 Å². The quantitative estimate of drug-likeness (QED) is 0.657. The molecule has 2 aromatic carbocycles. The van der Waals surface area contributed by atoms with Crippen LogP contribution < -0.4 is 5.32 Å². The highest BCUT2D eigenvalue weighted by Crippen LogP contribution is 2.17. The molecule has 1 N–H and O–H groups in total. The fourth-order valence-corrected chi connectivity index (χ4v) is 2.56. The average molecular weight is 419 g/mol. The Morgan fingerprint density at radius 2 is 2.04 bits per heavy atom.